The summed E-state index contributed by atoms with van der Waals surface area (Å²) in [7, 11) is 0. The van der Waals surface area contributed by atoms with Gasteiger partial charge in [-0.3, -0.25) is 9.48 Å². The summed E-state index contributed by atoms with van der Waals surface area (Å²) in [5.41, 5.74) is -1.10. The molecular weight excluding hydrogens is 322 g/mol. The van der Waals surface area contributed by atoms with E-state index in [1.807, 2.05) is 0 Å². The molecule has 1 saturated carbocycles. The van der Waals surface area contributed by atoms with Crippen LogP contribution in [0.25, 0.3) is 11.3 Å². The van der Waals surface area contributed by atoms with Crippen LogP contribution in [-0.2, 0) is 0 Å². The van der Waals surface area contributed by atoms with Crippen LogP contribution in [0.1, 0.15) is 29.2 Å². The number of carbonyl (C=O) groups is 1. The highest BCUT2D eigenvalue weighted by Crippen LogP contribution is 2.35. The largest absolute Gasteiger partial charge is 0.487 e. The van der Waals surface area contributed by atoms with Crippen molar-refractivity contribution in [1.82, 2.24) is 9.78 Å². The van der Waals surface area contributed by atoms with E-state index >= 15 is 0 Å². The molecule has 0 atom stereocenters. The average molecular weight is 336 g/mol. The average Bonchev–Trinajstić information content (AvgIpc) is 3.38. The van der Waals surface area contributed by atoms with Crippen LogP contribution in [-0.4, -0.2) is 33.9 Å². The second-order valence-corrected chi connectivity index (χ2v) is 5.44. The zero-order chi connectivity index (χ0) is 17.3. The monoisotopic (exact) mass is 336 g/mol. The smallest absolute Gasteiger partial charge is 0.341 e. The highest BCUT2D eigenvalue weighted by atomic mass is 19.3. The molecule has 0 saturated heterocycles. The van der Waals surface area contributed by atoms with Crippen molar-refractivity contribution in [2.24, 2.45) is 0 Å². The van der Waals surface area contributed by atoms with E-state index < -0.39 is 30.0 Å². The Balaban J connectivity index is 2.12. The van der Waals surface area contributed by atoms with Gasteiger partial charge in [0.25, 0.3) is 6.43 Å². The lowest BCUT2D eigenvalue weighted by atomic mass is 10.1. The van der Waals surface area contributed by atoms with Crippen LogP contribution in [0.3, 0.4) is 0 Å². The molecule has 0 bridgehead atoms. The first-order valence-electron chi connectivity index (χ1n) is 7.34. The maximum Gasteiger partial charge on any atom is 0.341 e. The van der Waals surface area contributed by atoms with Gasteiger partial charge in [0.1, 0.15) is 23.6 Å². The summed E-state index contributed by atoms with van der Waals surface area (Å²) < 4.78 is 31.3. The summed E-state index contributed by atoms with van der Waals surface area (Å²) in [5.74, 6) is -1.30. The summed E-state index contributed by atoms with van der Waals surface area (Å²) in [5, 5.41) is 13.4. The molecule has 1 aromatic carbocycles. The molecule has 3 rings (SSSR count). The summed E-state index contributed by atoms with van der Waals surface area (Å²) in [6, 6.07) is 6.16. The Kier molecular flexibility index (Phi) is 4.28. The molecule has 1 fully saturated rings. The minimum Gasteiger partial charge on any atom is -0.487 e. The Bertz CT molecular complexity index is 831. The number of carboxylic acid groups (broad SMARTS) is 1. The van der Waals surface area contributed by atoms with Crippen molar-refractivity contribution in [2.75, 3.05) is 6.61 Å². The van der Waals surface area contributed by atoms with E-state index in [0.717, 1.165) is 12.8 Å². The van der Waals surface area contributed by atoms with Crippen LogP contribution >= 0.6 is 0 Å². The van der Waals surface area contributed by atoms with Gasteiger partial charge in [0.05, 0.1) is 6.04 Å². The molecule has 1 aliphatic carbocycles. The normalized spacial score (nSPS) is 14.0. The second-order valence-electron chi connectivity index (χ2n) is 5.44. The molecule has 0 spiro atoms. The fourth-order valence-electron chi connectivity index (χ4n) is 2.30. The van der Waals surface area contributed by atoms with E-state index in [2.05, 4.69) is 5.10 Å². The lowest BCUT2D eigenvalue weighted by molar-refractivity contribution is 0.0694. The van der Waals surface area contributed by atoms with Crippen molar-refractivity contribution in [3.05, 3.63) is 46.2 Å². The predicted octanol–water partition coefficient (Wildman–Crippen LogP) is 2.59. The zero-order valence-electron chi connectivity index (χ0n) is 12.5. The Morgan fingerprint density at radius 2 is 2.08 bits per heavy atom. The van der Waals surface area contributed by atoms with E-state index in [1.54, 1.807) is 12.1 Å². The molecule has 0 amide bonds. The number of hydrogen-bond donors (Lipinski definition) is 1. The van der Waals surface area contributed by atoms with E-state index in [9.17, 15) is 23.5 Å². The number of carboxylic acids is 1. The van der Waals surface area contributed by atoms with Crippen molar-refractivity contribution in [2.45, 2.75) is 25.3 Å². The maximum absolute atomic E-state index is 12.4. The number of rotatable bonds is 6. The number of halogens is 2. The topological polar surface area (TPSA) is 81.4 Å². The van der Waals surface area contributed by atoms with Crippen LogP contribution in [0, 0.1) is 0 Å². The third kappa shape index (κ3) is 3.27. The molecule has 0 aliphatic heterocycles. The first-order valence-corrected chi connectivity index (χ1v) is 7.34. The molecule has 6 nitrogen and oxygen atoms in total. The molecule has 1 aliphatic rings. The molecule has 1 aromatic heterocycles. The summed E-state index contributed by atoms with van der Waals surface area (Å²) in [6.45, 7) is -0.827. The van der Waals surface area contributed by atoms with E-state index in [0.29, 0.717) is 0 Å². The van der Waals surface area contributed by atoms with Crippen molar-refractivity contribution >= 4 is 5.97 Å². The number of ether oxygens (including phenoxy) is 1. The first-order chi connectivity index (χ1) is 11.5. The van der Waals surface area contributed by atoms with Gasteiger partial charge in [-0.15, -0.1) is 0 Å². The van der Waals surface area contributed by atoms with E-state index in [-0.39, 0.29) is 23.0 Å². The summed E-state index contributed by atoms with van der Waals surface area (Å²) in [4.78, 5) is 23.8. The van der Waals surface area contributed by atoms with Crippen molar-refractivity contribution in [3.8, 4) is 17.0 Å². The fourth-order valence-corrected chi connectivity index (χ4v) is 2.30. The van der Waals surface area contributed by atoms with Gasteiger partial charge in [-0.25, -0.2) is 13.6 Å². The Morgan fingerprint density at radius 3 is 2.71 bits per heavy atom. The minimum atomic E-state index is -2.67. The molecule has 24 heavy (non-hydrogen) atoms. The van der Waals surface area contributed by atoms with Crippen molar-refractivity contribution in [3.63, 3.8) is 0 Å². The number of para-hydroxylation sites is 1. The third-order valence-electron chi connectivity index (χ3n) is 3.59. The number of benzene rings is 1. The van der Waals surface area contributed by atoms with Gasteiger partial charge in [-0.1, -0.05) is 12.1 Å². The summed E-state index contributed by atoms with van der Waals surface area (Å²) >= 11 is 0. The SMILES string of the molecule is O=C(O)c1cn(C2CC2)nc(-c2ccccc2OCC(F)F)c1=O. The van der Waals surface area contributed by atoms with Crippen LogP contribution in [0.2, 0.25) is 0 Å². The van der Waals surface area contributed by atoms with E-state index in [4.69, 9.17) is 4.74 Å². The number of alkyl halides is 2. The number of aromatic nitrogens is 2. The van der Waals surface area contributed by atoms with Crippen molar-refractivity contribution in [1.29, 1.82) is 0 Å². The molecule has 0 radical (unpaired) electrons. The number of nitrogens with zero attached hydrogens (tertiary/aromatic N) is 2. The van der Waals surface area contributed by atoms with Gasteiger partial charge >= 0.3 is 5.97 Å². The van der Waals surface area contributed by atoms with Gasteiger partial charge < -0.3 is 9.84 Å². The zero-order valence-corrected chi connectivity index (χ0v) is 12.5. The van der Waals surface area contributed by atoms with Gasteiger partial charge in [-0.05, 0) is 25.0 Å². The molecule has 126 valence electrons. The summed E-state index contributed by atoms with van der Waals surface area (Å²) in [6.07, 6.45) is 0.240. The Morgan fingerprint density at radius 1 is 1.38 bits per heavy atom. The lowest BCUT2D eigenvalue weighted by Crippen LogP contribution is -2.22. The first kappa shape index (κ1) is 16.1. The van der Waals surface area contributed by atoms with Gasteiger partial charge in [-0.2, -0.15) is 5.10 Å². The quantitative estimate of drug-likeness (QED) is 0.877. The number of hydrogen-bond acceptors (Lipinski definition) is 4. The molecular formula is C16H14F2N2O4. The fraction of sp³-hybridized carbons (Fsp3) is 0.312. The Hall–Kier alpha value is -2.77. The molecule has 8 heteroatoms. The van der Waals surface area contributed by atoms with Gasteiger partial charge in [0, 0.05) is 11.8 Å². The van der Waals surface area contributed by atoms with Crippen molar-refractivity contribution < 1.29 is 23.4 Å². The Labute approximate surface area is 135 Å². The van der Waals surface area contributed by atoms with Gasteiger partial charge in [0.15, 0.2) is 0 Å². The molecule has 1 N–H and O–H groups in total. The second kappa shape index (κ2) is 6.38. The van der Waals surface area contributed by atoms with E-state index in [1.165, 1.54) is 23.0 Å². The molecule has 0 unspecified atom stereocenters. The highest BCUT2D eigenvalue weighted by Gasteiger charge is 2.27. The third-order valence-corrected chi connectivity index (χ3v) is 3.59. The minimum absolute atomic E-state index is 0.0524. The predicted molar refractivity (Wildman–Crippen MR) is 80.7 cm³/mol. The van der Waals surface area contributed by atoms with Crippen LogP contribution in [0.15, 0.2) is 35.3 Å². The lowest BCUT2D eigenvalue weighted by Gasteiger charge is -2.12. The van der Waals surface area contributed by atoms with Crippen LogP contribution in [0.5, 0.6) is 5.75 Å². The van der Waals surface area contributed by atoms with Crippen LogP contribution < -0.4 is 10.2 Å². The molecule has 2 aromatic rings. The maximum atomic E-state index is 12.4. The molecule has 1 heterocycles. The number of aromatic carboxylic acids is 1. The highest BCUT2D eigenvalue weighted by molar-refractivity contribution is 5.88. The standard InChI is InChI=1S/C16H14F2N2O4/c17-13(18)8-24-12-4-2-1-3-10(12)14-15(21)11(16(22)23)7-20(19-14)9-5-6-9/h1-4,7,9,13H,5-6,8H2,(H,22,23). The van der Waals surface area contributed by atoms with Crippen LogP contribution in [0.4, 0.5) is 8.78 Å². The van der Waals surface area contributed by atoms with Gasteiger partial charge in [0.2, 0.25) is 5.43 Å².